The fourth-order valence-electron chi connectivity index (χ4n) is 4.76. The lowest BCUT2D eigenvalue weighted by Gasteiger charge is -2.40. The fraction of sp³-hybridized carbons (Fsp3) is 0.524. The molecule has 9 nitrogen and oxygen atoms in total. The second kappa shape index (κ2) is 8.65. The van der Waals surface area contributed by atoms with Crippen molar-refractivity contribution in [1.82, 2.24) is 15.2 Å². The zero-order chi connectivity index (χ0) is 23.9. The number of carbonyl (C=O) groups excluding carboxylic acids is 2. The number of nitrogens with one attached hydrogen (secondary N) is 2. The summed E-state index contributed by atoms with van der Waals surface area (Å²) in [7, 11) is 0. The SMILES string of the molecule is CC(=O)N[C@H]1C[C@H](N)CC[C@@H]1N1CC[C@H](Nc2nc[n+]([O-])c3ccc(C(F)(F)F)cc23)C1=O. The van der Waals surface area contributed by atoms with Gasteiger partial charge in [0.2, 0.25) is 11.8 Å². The number of hydrogen-bond donors (Lipinski definition) is 3. The summed E-state index contributed by atoms with van der Waals surface area (Å²) in [6.07, 6.45) is -1.32. The molecule has 12 heteroatoms. The molecule has 0 bridgehead atoms. The number of anilines is 1. The Morgan fingerprint density at radius 3 is 2.76 bits per heavy atom. The molecule has 2 heterocycles. The zero-order valence-corrected chi connectivity index (χ0v) is 17.9. The van der Waals surface area contributed by atoms with Crippen molar-refractivity contribution < 1.29 is 27.5 Å². The summed E-state index contributed by atoms with van der Waals surface area (Å²) in [6, 6.07) is 1.51. The molecule has 1 saturated carbocycles. The van der Waals surface area contributed by atoms with Crippen LogP contribution in [-0.4, -0.2) is 52.4 Å². The van der Waals surface area contributed by atoms with Crippen LogP contribution in [-0.2, 0) is 15.8 Å². The molecular weight excluding hydrogens is 441 g/mol. The number of halogens is 3. The highest BCUT2D eigenvalue weighted by molar-refractivity contribution is 5.92. The second-order valence-electron chi connectivity index (χ2n) is 8.61. The van der Waals surface area contributed by atoms with Crippen LogP contribution >= 0.6 is 0 Å². The summed E-state index contributed by atoms with van der Waals surface area (Å²) in [4.78, 5) is 30.5. The number of nitrogens with zero attached hydrogens (tertiary/aromatic N) is 3. The molecule has 2 amide bonds. The molecule has 2 aromatic rings. The predicted molar refractivity (Wildman–Crippen MR) is 113 cm³/mol. The number of fused-ring (bicyclic) bond motifs is 1. The summed E-state index contributed by atoms with van der Waals surface area (Å²) in [5.41, 5.74) is 5.15. The lowest BCUT2D eigenvalue weighted by Crippen LogP contribution is -2.57. The number of aromatic nitrogens is 2. The summed E-state index contributed by atoms with van der Waals surface area (Å²) < 4.78 is 40.0. The van der Waals surface area contributed by atoms with Crippen LogP contribution in [0.4, 0.5) is 19.0 Å². The molecule has 1 aromatic carbocycles. The smallest absolute Gasteiger partial charge is 0.416 e. The molecule has 33 heavy (non-hydrogen) atoms. The van der Waals surface area contributed by atoms with Crippen LogP contribution in [0.1, 0.15) is 38.2 Å². The fourth-order valence-corrected chi connectivity index (χ4v) is 4.76. The lowest BCUT2D eigenvalue weighted by atomic mass is 9.86. The van der Waals surface area contributed by atoms with E-state index in [4.69, 9.17) is 5.73 Å². The summed E-state index contributed by atoms with van der Waals surface area (Å²) in [6.45, 7) is 1.84. The van der Waals surface area contributed by atoms with Gasteiger partial charge in [0, 0.05) is 19.5 Å². The first-order valence-corrected chi connectivity index (χ1v) is 10.7. The molecule has 0 radical (unpaired) electrons. The third-order valence-corrected chi connectivity index (χ3v) is 6.30. The van der Waals surface area contributed by atoms with Crippen LogP contribution in [0.25, 0.3) is 10.9 Å². The number of nitrogens with two attached hydrogens (primary N) is 1. The van der Waals surface area contributed by atoms with Crippen LogP contribution in [0, 0.1) is 5.21 Å². The first-order valence-electron chi connectivity index (χ1n) is 10.7. The number of benzene rings is 1. The Morgan fingerprint density at radius 2 is 2.06 bits per heavy atom. The van der Waals surface area contributed by atoms with Gasteiger partial charge in [0.05, 0.1) is 23.0 Å². The zero-order valence-electron chi connectivity index (χ0n) is 17.9. The van der Waals surface area contributed by atoms with Crippen LogP contribution in [0.15, 0.2) is 24.5 Å². The van der Waals surface area contributed by atoms with Crippen LogP contribution in [0.3, 0.4) is 0 Å². The Kier molecular flexibility index (Phi) is 6.04. The van der Waals surface area contributed by atoms with Crippen LogP contribution in [0.5, 0.6) is 0 Å². The van der Waals surface area contributed by atoms with Gasteiger partial charge in [-0.05, 0) is 48.9 Å². The van der Waals surface area contributed by atoms with Crippen molar-refractivity contribution in [3.63, 3.8) is 0 Å². The maximum atomic E-state index is 13.2. The van der Waals surface area contributed by atoms with E-state index in [1.807, 2.05) is 0 Å². The van der Waals surface area contributed by atoms with Crippen molar-refractivity contribution in [2.24, 2.45) is 5.73 Å². The Balaban J connectivity index is 1.57. The quantitative estimate of drug-likeness (QED) is 0.460. The number of alkyl halides is 3. The minimum Gasteiger partial charge on any atom is -0.710 e. The largest absolute Gasteiger partial charge is 0.710 e. The molecule has 4 rings (SSSR count). The molecule has 4 atom stereocenters. The third-order valence-electron chi connectivity index (χ3n) is 6.30. The molecule has 1 aromatic heterocycles. The molecular formula is C21H25F3N6O3. The summed E-state index contributed by atoms with van der Waals surface area (Å²) >= 11 is 0. The maximum Gasteiger partial charge on any atom is 0.416 e. The molecule has 2 aliphatic rings. The molecule has 4 N–H and O–H groups in total. The summed E-state index contributed by atoms with van der Waals surface area (Å²) in [5.74, 6) is -0.397. The Hall–Kier alpha value is -3.15. The Bertz CT molecular complexity index is 1080. The van der Waals surface area contributed by atoms with E-state index in [1.54, 1.807) is 4.90 Å². The molecule has 178 valence electrons. The highest BCUT2D eigenvalue weighted by Gasteiger charge is 2.42. The van der Waals surface area contributed by atoms with E-state index in [9.17, 15) is 28.0 Å². The highest BCUT2D eigenvalue weighted by atomic mass is 19.4. The molecule has 0 spiro atoms. The van der Waals surface area contributed by atoms with Crippen molar-refractivity contribution in [2.75, 3.05) is 11.9 Å². The van der Waals surface area contributed by atoms with Crippen molar-refractivity contribution in [3.05, 3.63) is 35.3 Å². The van der Waals surface area contributed by atoms with Gasteiger partial charge in [-0.1, -0.05) is 0 Å². The Labute approximate surface area is 187 Å². The second-order valence-corrected chi connectivity index (χ2v) is 8.61. The standard InChI is InChI=1S/C21H25F3N6O3/c1-11(31)27-16-9-13(25)3-5-18(16)29-7-6-15(20(29)32)28-19-14-8-12(21(22,23)24)2-4-17(14)30(33)10-26-19/h2,4,8,10,13,15-16,18H,3,5-7,9,25H2,1H3,(H,26,28)(H,27,31)/t13-,15+,16+,18+/m1/s1. The number of likely N-dealkylation sites (tertiary alicyclic amines) is 1. The van der Waals surface area contributed by atoms with Gasteiger partial charge in [0.1, 0.15) is 11.6 Å². The number of rotatable bonds is 4. The van der Waals surface area contributed by atoms with E-state index in [-0.39, 0.29) is 46.7 Å². The number of hydrogen-bond acceptors (Lipinski definition) is 6. The average molecular weight is 466 g/mol. The van der Waals surface area contributed by atoms with Crippen molar-refractivity contribution in [2.45, 2.75) is 63.0 Å². The van der Waals surface area contributed by atoms with Gasteiger partial charge in [-0.3, -0.25) is 9.59 Å². The predicted octanol–water partition coefficient (Wildman–Crippen LogP) is 1.28. The van der Waals surface area contributed by atoms with E-state index in [0.29, 0.717) is 30.5 Å². The Morgan fingerprint density at radius 1 is 1.30 bits per heavy atom. The first kappa shape index (κ1) is 23.0. The monoisotopic (exact) mass is 466 g/mol. The van der Waals surface area contributed by atoms with E-state index < -0.39 is 17.8 Å². The minimum absolute atomic E-state index is 0.00907. The normalized spacial score (nSPS) is 26.0. The molecule has 1 saturated heterocycles. The molecule has 2 fully saturated rings. The molecule has 0 unspecified atom stereocenters. The lowest BCUT2D eigenvalue weighted by molar-refractivity contribution is -0.580. The van der Waals surface area contributed by atoms with Gasteiger partial charge >= 0.3 is 6.18 Å². The minimum atomic E-state index is -4.59. The van der Waals surface area contributed by atoms with E-state index >= 15 is 0 Å². The van der Waals surface area contributed by atoms with E-state index in [0.717, 1.165) is 30.9 Å². The van der Waals surface area contributed by atoms with Crippen molar-refractivity contribution in [3.8, 4) is 0 Å². The molecule has 1 aliphatic carbocycles. The van der Waals surface area contributed by atoms with Crippen LogP contribution < -0.4 is 21.1 Å². The van der Waals surface area contributed by atoms with Gasteiger partial charge in [-0.15, -0.1) is 0 Å². The van der Waals surface area contributed by atoms with Gasteiger partial charge in [-0.2, -0.15) is 13.2 Å². The highest BCUT2D eigenvalue weighted by Crippen LogP contribution is 2.33. The van der Waals surface area contributed by atoms with E-state index in [1.165, 1.54) is 6.92 Å². The number of amides is 2. The summed E-state index contributed by atoms with van der Waals surface area (Å²) in [5, 5.41) is 17.8. The van der Waals surface area contributed by atoms with Gasteiger partial charge < -0.3 is 26.5 Å². The topological polar surface area (TPSA) is 127 Å². The van der Waals surface area contributed by atoms with E-state index in [2.05, 4.69) is 15.6 Å². The van der Waals surface area contributed by atoms with Gasteiger partial charge in [-0.25, -0.2) is 4.73 Å². The van der Waals surface area contributed by atoms with Gasteiger partial charge in [0.15, 0.2) is 0 Å². The first-order chi connectivity index (χ1) is 15.5. The van der Waals surface area contributed by atoms with Crippen molar-refractivity contribution >= 4 is 28.5 Å². The maximum absolute atomic E-state index is 13.2. The average Bonchev–Trinajstić information content (AvgIpc) is 3.09. The van der Waals surface area contributed by atoms with Gasteiger partial charge in [0.25, 0.3) is 12.1 Å². The number of carbonyl (C=O) groups is 2. The van der Waals surface area contributed by atoms with Crippen molar-refractivity contribution in [1.29, 1.82) is 0 Å². The third kappa shape index (κ3) is 4.65. The van der Waals surface area contributed by atoms with Crippen LogP contribution in [0.2, 0.25) is 0 Å². The molecule has 1 aliphatic heterocycles.